The van der Waals surface area contributed by atoms with Gasteiger partial charge in [0, 0.05) is 17.9 Å². The molecule has 0 radical (unpaired) electrons. The summed E-state index contributed by atoms with van der Waals surface area (Å²) in [6.07, 6.45) is 4.76. The molecule has 0 aliphatic rings. The maximum atomic E-state index is 13.1. The van der Waals surface area contributed by atoms with E-state index in [1.54, 1.807) is 0 Å². The first kappa shape index (κ1) is 18.8. The van der Waals surface area contributed by atoms with E-state index in [9.17, 15) is 4.79 Å². The van der Waals surface area contributed by atoms with Gasteiger partial charge in [0.2, 0.25) is 0 Å². The van der Waals surface area contributed by atoms with Crippen LogP contribution in [-0.2, 0) is 0 Å². The predicted molar refractivity (Wildman–Crippen MR) is 114 cm³/mol. The lowest BCUT2D eigenvalue weighted by molar-refractivity contribution is 0.0978. The highest BCUT2D eigenvalue weighted by molar-refractivity contribution is 5.98. The van der Waals surface area contributed by atoms with E-state index in [-0.39, 0.29) is 11.7 Å². The average molecular weight is 354 g/mol. The number of benzene rings is 3. The second-order valence-corrected chi connectivity index (χ2v) is 7.18. The summed E-state index contributed by atoms with van der Waals surface area (Å²) in [5.74, 6) is 0.251. The Labute approximate surface area is 162 Å². The zero-order chi connectivity index (χ0) is 19.2. The molecule has 0 aliphatic heterocycles. The Hall–Kier alpha value is -2.93. The first-order valence-corrected chi connectivity index (χ1v) is 9.44. The Morgan fingerprint density at radius 2 is 1.56 bits per heavy atom. The first-order valence-electron chi connectivity index (χ1n) is 9.44. The summed E-state index contributed by atoms with van der Waals surface area (Å²) < 4.78 is 0. The molecule has 27 heavy (non-hydrogen) atoms. The monoisotopic (exact) mass is 354 g/mol. The van der Waals surface area contributed by atoms with Crippen molar-refractivity contribution in [3.63, 3.8) is 0 Å². The van der Waals surface area contributed by atoms with Crippen molar-refractivity contribution < 1.29 is 4.79 Å². The van der Waals surface area contributed by atoms with Crippen molar-refractivity contribution >= 4 is 11.9 Å². The Bertz CT molecular complexity index is 951. The molecule has 1 heteroatoms. The molecule has 0 fully saturated rings. The van der Waals surface area contributed by atoms with Gasteiger partial charge in [-0.1, -0.05) is 84.4 Å². The number of ketones is 1. The van der Waals surface area contributed by atoms with Crippen LogP contribution in [0.25, 0.3) is 6.08 Å². The summed E-state index contributed by atoms with van der Waals surface area (Å²) in [6, 6.07) is 24.7. The van der Waals surface area contributed by atoms with Crippen molar-refractivity contribution in [2.75, 3.05) is 0 Å². The van der Waals surface area contributed by atoms with Gasteiger partial charge in [-0.3, -0.25) is 4.79 Å². The SMILES string of the molecule is Cc1ccc(C)c(C(=O)CC(/C=C/c2ccccc2)c2ccccc2C)c1. The van der Waals surface area contributed by atoms with Gasteiger partial charge in [-0.25, -0.2) is 0 Å². The minimum Gasteiger partial charge on any atom is -0.294 e. The van der Waals surface area contributed by atoms with E-state index in [2.05, 4.69) is 49.4 Å². The van der Waals surface area contributed by atoms with Gasteiger partial charge in [-0.2, -0.15) is 0 Å². The number of hydrogen-bond acceptors (Lipinski definition) is 1. The smallest absolute Gasteiger partial charge is 0.164 e. The summed E-state index contributed by atoms with van der Waals surface area (Å²) >= 11 is 0. The van der Waals surface area contributed by atoms with Crippen molar-refractivity contribution in [2.45, 2.75) is 33.1 Å². The third-order valence-electron chi connectivity index (χ3n) is 5.01. The maximum Gasteiger partial charge on any atom is 0.164 e. The molecule has 0 amide bonds. The molecule has 1 unspecified atom stereocenters. The number of carbonyl (C=O) groups is 1. The van der Waals surface area contributed by atoms with Crippen molar-refractivity contribution in [3.8, 4) is 0 Å². The van der Waals surface area contributed by atoms with E-state index in [0.717, 1.165) is 22.3 Å². The highest BCUT2D eigenvalue weighted by Gasteiger charge is 2.18. The van der Waals surface area contributed by atoms with Crippen LogP contribution in [0, 0.1) is 20.8 Å². The van der Waals surface area contributed by atoms with Crippen LogP contribution >= 0.6 is 0 Å². The molecule has 3 rings (SSSR count). The van der Waals surface area contributed by atoms with Crippen molar-refractivity contribution in [1.82, 2.24) is 0 Å². The quantitative estimate of drug-likeness (QED) is 0.451. The van der Waals surface area contributed by atoms with Crippen LogP contribution in [0.1, 0.15) is 50.5 Å². The topological polar surface area (TPSA) is 17.1 Å². The highest BCUT2D eigenvalue weighted by atomic mass is 16.1. The van der Waals surface area contributed by atoms with Crippen LogP contribution in [-0.4, -0.2) is 5.78 Å². The Balaban J connectivity index is 1.92. The second kappa shape index (κ2) is 8.64. The molecule has 0 aliphatic carbocycles. The van der Waals surface area contributed by atoms with Gasteiger partial charge in [0.05, 0.1) is 0 Å². The molecule has 136 valence electrons. The maximum absolute atomic E-state index is 13.1. The van der Waals surface area contributed by atoms with Gasteiger partial charge in [-0.05, 0) is 49.1 Å². The fourth-order valence-corrected chi connectivity index (χ4v) is 3.42. The number of aryl methyl sites for hydroxylation is 3. The number of Topliss-reactive ketones (excluding diaryl/α,β-unsaturated/α-hetero) is 1. The molecule has 1 atom stereocenters. The largest absolute Gasteiger partial charge is 0.294 e. The Kier molecular flexibility index (Phi) is 6.03. The predicted octanol–water partition coefficient (Wildman–Crippen LogP) is 6.68. The van der Waals surface area contributed by atoms with Gasteiger partial charge in [0.25, 0.3) is 0 Å². The Morgan fingerprint density at radius 3 is 2.30 bits per heavy atom. The summed E-state index contributed by atoms with van der Waals surface area (Å²) in [7, 11) is 0. The van der Waals surface area contributed by atoms with Gasteiger partial charge < -0.3 is 0 Å². The number of hydrogen-bond donors (Lipinski definition) is 0. The first-order chi connectivity index (χ1) is 13.0. The second-order valence-electron chi connectivity index (χ2n) is 7.18. The normalized spacial score (nSPS) is 12.3. The minimum absolute atomic E-state index is 0.0545. The minimum atomic E-state index is 0.0545. The number of carbonyl (C=O) groups excluding carboxylic acids is 1. The molecule has 3 aromatic carbocycles. The lowest BCUT2D eigenvalue weighted by atomic mass is 9.87. The number of rotatable bonds is 6. The fourth-order valence-electron chi connectivity index (χ4n) is 3.42. The molecule has 1 nitrogen and oxygen atoms in total. The van der Waals surface area contributed by atoms with Crippen LogP contribution in [0.2, 0.25) is 0 Å². The van der Waals surface area contributed by atoms with E-state index in [0.29, 0.717) is 6.42 Å². The molecule has 0 aromatic heterocycles. The van der Waals surface area contributed by atoms with Crippen LogP contribution < -0.4 is 0 Å². The zero-order valence-electron chi connectivity index (χ0n) is 16.3. The summed E-state index contributed by atoms with van der Waals surface area (Å²) in [5.41, 5.74) is 6.58. The van der Waals surface area contributed by atoms with E-state index < -0.39 is 0 Å². The lowest BCUT2D eigenvalue weighted by Crippen LogP contribution is -2.09. The van der Waals surface area contributed by atoms with Crippen LogP contribution in [0.4, 0.5) is 0 Å². The van der Waals surface area contributed by atoms with Crippen LogP contribution in [0.15, 0.2) is 78.9 Å². The van der Waals surface area contributed by atoms with E-state index in [1.807, 2.05) is 56.3 Å². The Morgan fingerprint density at radius 1 is 0.852 bits per heavy atom. The molecule has 3 aromatic rings. The molecule has 0 saturated heterocycles. The van der Waals surface area contributed by atoms with Gasteiger partial charge in [-0.15, -0.1) is 0 Å². The van der Waals surface area contributed by atoms with Crippen molar-refractivity contribution in [3.05, 3.63) is 112 Å². The van der Waals surface area contributed by atoms with Crippen LogP contribution in [0.5, 0.6) is 0 Å². The van der Waals surface area contributed by atoms with Gasteiger partial charge in [0.15, 0.2) is 5.78 Å². The summed E-state index contributed by atoms with van der Waals surface area (Å²) in [5, 5.41) is 0. The lowest BCUT2D eigenvalue weighted by Gasteiger charge is -2.16. The van der Waals surface area contributed by atoms with Gasteiger partial charge in [0.1, 0.15) is 0 Å². The molecule has 0 heterocycles. The van der Waals surface area contributed by atoms with Gasteiger partial charge >= 0.3 is 0 Å². The molecular formula is C26H26O. The number of allylic oxidation sites excluding steroid dienone is 1. The summed E-state index contributed by atoms with van der Waals surface area (Å²) in [6.45, 7) is 6.15. The third-order valence-corrected chi connectivity index (χ3v) is 5.01. The standard InChI is InChI=1S/C26H26O/c1-19-13-14-21(3)25(17-19)26(27)18-23(24-12-8-7-9-20(24)2)16-15-22-10-5-4-6-11-22/h4-17,23H,18H2,1-3H3/b16-15+. The highest BCUT2D eigenvalue weighted by Crippen LogP contribution is 2.28. The summed E-state index contributed by atoms with van der Waals surface area (Å²) in [4.78, 5) is 13.1. The molecule has 0 spiro atoms. The van der Waals surface area contributed by atoms with E-state index in [4.69, 9.17) is 0 Å². The molecule has 0 N–H and O–H groups in total. The average Bonchev–Trinajstić information content (AvgIpc) is 2.68. The van der Waals surface area contributed by atoms with Crippen molar-refractivity contribution in [2.24, 2.45) is 0 Å². The molecule has 0 bridgehead atoms. The van der Waals surface area contributed by atoms with Crippen LogP contribution in [0.3, 0.4) is 0 Å². The third kappa shape index (κ3) is 4.83. The van der Waals surface area contributed by atoms with E-state index in [1.165, 1.54) is 11.1 Å². The molecular weight excluding hydrogens is 328 g/mol. The molecule has 0 saturated carbocycles. The fraction of sp³-hybridized carbons (Fsp3) is 0.192. The van der Waals surface area contributed by atoms with E-state index >= 15 is 0 Å². The van der Waals surface area contributed by atoms with Crippen molar-refractivity contribution in [1.29, 1.82) is 0 Å². The zero-order valence-corrected chi connectivity index (χ0v) is 16.3.